The van der Waals surface area contributed by atoms with Crippen LogP contribution >= 0.6 is 11.6 Å². The number of halogens is 1. The van der Waals surface area contributed by atoms with Crippen LogP contribution in [0.25, 0.3) is 0 Å². The Kier molecular flexibility index (Phi) is 4.92. The van der Waals surface area contributed by atoms with E-state index in [4.69, 9.17) is 11.6 Å². The van der Waals surface area contributed by atoms with Crippen molar-refractivity contribution in [3.63, 3.8) is 0 Å². The van der Waals surface area contributed by atoms with E-state index in [9.17, 15) is 14.9 Å². The minimum absolute atomic E-state index is 0.0667. The minimum atomic E-state index is -0.594. The van der Waals surface area contributed by atoms with Crippen molar-refractivity contribution in [1.82, 2.24) is 10.6 Å². The molecule has 1 fully saturated rings. The third-order valence-corrected chi connectivity index (χ3v) is 3.68. The highest BCUT2D eigenvalue weighted by atomic mass is 35.5. The van der Waals surface area contributed by atoms with E-state index in [1.165, 1.54) is 18.2 Å². The van der Waals surface area contributed by atoms with Gasteiger partial charge in [-0.25, -0.2) is 0 Å². The maximum Gasteiger partial charge on any atom is 0.283 e. The zero-order chi connectivity index (χ0) is 14.5. The van der Waals surface area contributed by atoms with Gasteiger partial charge in [0.15, 0.2) is 0 Å². The molecule has 1 saturated heterocycles. The average Bonchev–Trinajstić information content (AvgIpc) is 2.45. The number of carbonyl (C=O) groups excluding carboxylic acids is 1. The summed E-state index contributed by atoms with van der Waals surface area (Å²) >= 11 is 5.91. The second-order valence-electron chi connectivity index (χ2n) is 4.81. The van der Waals surface area contributed by atoms with Crippen LogP contribution in [-0.2, 0) is 0 Å². The van der Waals surface area contributed by atoms with Gasteiger partial charge in [0.1, 0.15) is 5.56 Å². The Bertz CT molecular complexity index is 516. The first kappa shape index (κ1) is 14.7. The molecular formula is C13H16ClN3O3. The number of benzene rings is 1. The summed E-state index contributed by atoms with van der Waals surface area (Å²) < 4.78 is 0. The van der Waals surface area contributed by atoms with Crippen LogP contribution in [0.4, 0.5) is 5.69 Å². The van der Waals surface area contributed by atoms with Gasteiger partial charge in [-0.3, -0.25) is 14.9 Å². The Morgan fingerprint density at radius 1 is 1.55 bits per heavy atom. The molecule has 20 heavy (non-hydrogen) atoms. The molecule has 1 aromatic rings. The molecule has 1 aromatic carbocycles. The lowest BCUT2D eigenvalue weighted by atomic mass is 9.99. The molecule has 0 aromatic heterocycles. The molecule has 1 heterocycles. The Morgan fingerprint density at radius 3 is 3.00 bits per heavy atom. The second-order valence-corrected chi connectivity index (χ2v) is 5.22. The van der Waals surface area contributed by atoms with Gasteiger partial charge in [0.05, 0.1) is 9.95 Å². The summed E-state index contributed by atoms with van der Waals surface area (Å²) in [7, 11) is 0. The molecule has 2 rings (SSSR count). The fourth-order valence-electron chi connectivity index (χ4n) is 2.31. The molecule has 0 spiro atoms. The van der Waals surface area contributed by atoms with Crippen LogP contribution < -0.4 is 10.6 Å². The number of hydrogen-bond acceptors (Lipinski definition) is 4. The number of nitrogens with one attached hydrogen (secondary N) is 2. The highest BCUT2D eigenvalue weighted by molar-refractivity contribution is 6.34. The normalized spacial score (nSPS) is 18.6. The van der Waals surface area contributed by atoms with Crippen LogP contribution in [-0.4, -0.2) is 30.5 Å². The first-order valence-electron chi connectivity index (χ1n) is 6.51. The maximum absolute atomic E-state index is 12.1. The zero-order valence-corrected chi connectivity index (χ0v) is 11.7. The Labute approximate surface area is 121 Å². The fraction of sp³-hybridized carbons (Fsp3) is 0.462. The molecule has 1 amide bonds. The van der Waals surface area contributed by atoms with Crippen molar-refractivity contribution >= 4 is 23.2 Å². The van der Waals surface area contributed by atoms with Gasteiger partial charge in [-0.1, -0.05) is 17.7 Å². The van der Waals surface area contributed by atoms with Crippen molar-refractivity contribution in [3.8, 4) is 0 Å². The molecule has 1 aliphatic rings. The molecule has 0 bridgehead atoms. The highest BCUT2D eigenvalue weighted by Gasteiger charge is 2.24. The van der Waals surface area contributed by atoms with E-state index in [0.717, 1.165) is 25.9 Å². The van der Waals surface area contributed by atoms with Crippen molar-refractivity contribution in [1.29, 1.82) is 0 Å². The van der Waals surface area contributed by atoms with E-state index in [1.54, 1.807) is 0 Å². The van der Waals surface area contributed by atoms with Crippen molar-refractivity contribution in [3.05, 3.63) is 38.9 Å². The third-order valence-electron chi connectivity index (χ3n) is 3.37. The van der Waals surface area contributed by atoms with Crippen LogP contribution in [0.3, 0.4) is 0 Å². The van der Waals surface area contributed by atoms with Crippen molar-refractivity contribution in [2.75, 3.05) is 19.6 Å². The monoisotopic (exact) mass is 297 g/mol. The Balaban J connectivity index is 2.06. The van der Waals surface area contributed by atoms with Crippen LogP contribution in [0, 0.1) is 16.0 Å². The van der Waals surface area contributed by atoms with Crippen molar-refractivity contribution in [2.24, 2.45) is 5.92 Å². The quantitative estimate of drug-likeness (QED) is 0.657. The van der Waals surface area contributed by atoms with Gasteiger partial charge in [-0.05, 0) is 37.9 Å². The van der Waals surface area contributed by atoms with Gasteiger partial charge in [0, 0.05) is 12.6 Å². The number of nitro benzene ring substituents is 1. The number of carbonyl (C=O) groups is 1. The summed E-state index contributed by atoms with van der Waals surface area (Å²) in [5.74, 6) is -0.137. The number of rotatable bonds is 4. The molecule has 1 unspecified atom stereocenters. The molecule has 108 valence electrons. The van der Waals surface area contributed by atoms with E-state index in [1.807, 2.05) is 0 Å². The van der Waals surface area contributed by atoms with E-state index in [-0.39, 0.29) is 16.3 Å². The molecule has 2 N–H and O–H groups in total. The second kappa shape index (κ2) is 6.67. The van der Waals surface area contributed by atoms with E-state index in [2.05, 4.69) is 10.6 Å². The standard InChI is InChI=1S/C13H16ClN3O3/c14-10-4-1-5-11(17(19)20)12(10)13(18)16-8-9-3-2-6-15-7-9/h1,4-5,9,15H,2-3,6-8H2,(H,16,18). The number of piperidine rings is 1. The number of hydrogen-bond donors (Lipinski definition) is 2. The van der Waals surface area contributed by atoms with Gasteiger partial charge in [-0.2, -0.15) is 0 Å². The number of amides is 1. The lowest BCUT2D eigenvalue weighted by molar-refractivity contribution is -0.385. The van der Waals surface area contributed by atoms with Crippen LogP contribution in [0.15, 0.2) is 18.2 Å². The van der Waals surface area contributed by atoms with E-state index >= 15 is 0 Å². The van der Waals surface area contributed by atoms with E-state index in [0.29, 0.717) is 12.5 Å². The lowest BCUT2D eigenvalue weighted by Gasteiger charge is -2.22. The number of nitro groups is 1. The summed E-state index contributed by atoms with van der Waals surface area (Å²) in [6.45, 7) is 2.35. The molecule has 1 aliphatic heterocycles. The summed E-state index contributed by atoms with van der Waals surface area (Å²) in [5, 5.41) is 17.0. The van der Waals surface area contributed by atoms with Crippen LogP contribution in [0.1, 0.15) is 23.2 Å². The third kappa shape index (κ3) is 3.46. The van der Waals surface area contributed by atoms with E-state index < -0.39 is 10.8 Å². The number of nitrogens with zero attached hydrogens (tertiary/aromatic N) is 1. The fourth-order valence-corrected chi connectivity index (χ4v) is 2.57. The molecule has 0 saturated carbocycles. The van der Waals surface area contributed by atoms with Crippen LogP contribution in [0.2, 0.25) is 5.02 Å². The first-order chi connectivity index (χ1) is 9.59. The smallest absolute Gasteiger partial charge is 0.283 e. The Hall–Kier alpha value is -1.66. The largest absolute Gasteiger partial charge is 0.351 e. The molecule has 7 heteroatoms. The molecule has 6 nitrogen and oxygen atoms in total. The highest BCUT2D eigenvalue weighted by Crippen LogP contribution is 2.26. The predicted octanol–water partition coefficient (Wildman–Crippen LogP) is 1.98. The SMILES string of the molecule is O=C(NCC1CCCNC1)c1c(Cl)cccc1[N+](=O)[O-]. The topological polar surface area (TPSA) is 84.3 Å². The van der Waals surface area contributed by atoms with Gasteiger partial charge in [-0.15, -0.1) is 0 Å². The van der Waals surface area contributed by atoms with Gasteiger partial charge < -0.3 is 10.6 Å². The molecule has 0 radical (unpaired) electrons. The van der Waals surface area contributed by atoms with Gasteiger partial charge in [0.2, 0.25) is 0 Å². The van der Waals surface area contributed by atoms with Crippen molar-refractivity contribution in [2.45, 2.75) is 12.8 Å². The Morgan fingerprint density at radius 2 is 2.35 bits per heavy atom. The maximum atomic E-state index is 12.1. The average molecular weight is 298 g/mol. The molecular weight excluding hydrogens is 282 g/mol. The molecule has 0 aliphatic carbocycles. The van der Waals surface area contributed by atoms with Crippen LogP contribution in [0.5, 0.6) is 0 Å². The predicted molar refractivity (Wildman–Crippen MR) is 76.0 cm³/mol. The van der Waals surface area contributed by atoms with Gasteiger partial charge in [0.25, 0.3) is 11.6 Å². The summed E-state index contributed by atoms with van der Waals surface area (Å²) in [6, 6.07) is 4.22. The first-order valence-corrected chi connectivity index (χ1v) is 6.89. The lowest BCUT2D eigenvalue weighted by Crippen LogP contribution is -2.38. The summed E-state index contributed by atoms with van der Waals surface area (Å²) in [4.78, 5) is 22.5. The van der Waals surface area contributed by atoms with Gasteiger partial charge >= 0.3 is 0 Å². The van der Waals surface area contributed by atoms with Crippen molar-refractivity contribution < 1.29 is 9.72 Å². The molecule has 1 atom stereocenters. The summed E-state index contributed by atoms with van der Waals surface area (Å²) in [5.41, 5.74) is -0.334. The summed E-state index contributed by atoms with van der Waals surface area (Å²) in [6.07, 6.45) is 2.12. The minimum Gasteiger partial charge on any atom is -0.351 e. The zero-order valence-electron chi connectivity index (χ0n) is 10.9.